The van der Waals surface area contributed by atoms with E-state index in [0.717, 1.165) is 12.1 Å². The van der Waals surface area contributed by atoms with E-state index in [1.807, 2.05) is 0 Å². The van der Waals surface area contributed by atoms with Gasteiger partial charge in [0.15, 0.2) is 17.5 Å². The predicted molar refractivity (Wildman–Crippen MR) is 149 cm³/mol. The van der Waals surface area contributed by atoms with E-state index in [4.69, 9.17) is 20.9 Å². The zero-order valence-electron chi connectivity index (χ0n) is 22.3. The van der Waals surface area contributed by atoms with Gasteiger partial charge in [-0.2, -0.15) is 13.2 Å². The topological polar surface area (TPSA) is 146 Å². The number of carbonyl (C=O) groups is 1. The second-order valence-corrected chi connectivity index (χ2v) is 11.0. The van der Waals surface area contributed by atoms with Crippen LogP contribution in [-0.4, -0.2) is 47.4 Å². The van der Waals surface area contributed by atoms with Crippen molar-refractivity contribution in [1.82, 2.24) is 15.3 Å². The van der Waals surface area contributed by atoms with Crippen LogP contribution < -0.4 is 26.3 Å². The van der Waals surface area contributed by atoms with Gasteiger partial charge in [-0.1, -0.05) is 11.3 Å². The minimum Gasteiger partial charge on any atom is -0.494 e. The highest BCUT2D eigenvalue weighted by Crippen LogP contribution is 2.47. The van der Waals surface area contributed by atoms with Gasteiger partial charge < -0.3 is 31.4 Å². The Morgan fingerprint density at radius 2 is 1.88 bits per heavy atom. The van der Waals surface area contributed by atoms with Gasteiger partial charge in [0.05, 0.1) is 24.0 Å². The van der Waals surface area contributed by atoms with Crippen molar-refractivity contribution in [1.29, 1.82) is 0 Å². The summed E-state index contributed by atoms with van der Waals surface area (Å²) in [6.45, 7) is -2.09. The average molecular weight is 606 g/mol. The fourth-order valence-electron chi connectivity index (χ4n) is 4.70. The molecule has 1 aliphatic rings. The van der Waals surface area contributed by atoms with Gasteiger partial charge in [-0.05, 0) is 61.2 Å². The number of aliphatic hydroxyl groups is 1. The first kappa shape index (κ1) is 29.5. The van der Waals surface area contributed by atoms with Crippen LogP contribution in [0.2, 0.25) is 0 Å². The van der Waals surface area contributed by atoms with Gasteiger partial charge in [-0.15, -0.1) is 0 Å². The fraction of sp³-hybridized carbons (Fsp3) is 0.321. The molecule has 5 rings (SSSR count). The number of carbonyl (C=O) groups excluding carboxylic acids is 1. The molecule has 2 aromatic heterocycles. The molecule has 42 heavy (non-hydrogen) atoms. The van der Waals surface area contributed by atoms with E-state index in [-0.39, 0.29) is 52.8 Å². The first-order valence-electron chi connectivity index (χ1n) is 12.9. The smallest absolute Gasteiger partial charge is 0.422 e. The van der Waals surface area contributed by atoms with Crippen molar-refractivity contribution >= 4 is 32.6 Å². The Kier molecular flexibility index (Phi) is 7.96. The quantitative estimate of drug-likeness (QED) is 0.193. The first-order chi connectivity index (χ1) is 19.9. The first-order valence-corrected chi connectivity index (χ1v) is 13.7. The molecule has 1 aliphatic carbocycles. The highest BCUT2D eigenvalue weighted by molar-refractivity contribution is 7.22. The predicted octanol–water partition coefficient (Wildman–Crippen LogP) is 4.52. The van der Waals surface area contributed by atoms with Crippen molar-refractivity contribution in [3.05, 3.63) is 65.1 Å². The molecule has 2 heterocycles. The second-order valence-electron chi connectivity index (χ2n) is 9.92. The Morgan fingerprint density at radius 3 is 2.50 bits per heavy atom. The summed E-state index contributed by atoms with van der Waals surface area (Å²) in [5.41, 5.74) is 11.3. The third-order valence-corrected chi connectivity index (χ3v) is 7.77. The molecule has 0 saturated heterocycles. The van der Waals surface area contributed by atoms with Crippen molar-refractivity contribution in [2.75, 3.05) is 26.0 Å². The molecule has 1 amide bonds. The Hall–Kier alpha value is -4.01. The molecule has 4 aromatic rings. The summed E-state index contributed by atoms with van der Waals surface area (Å²) < 4.78 is 64.0. The number of methoxy groups -OCH3 is 1. The summed E-state index contributed by atoms with van der Waals surface area (Å²) in [5.74, 6) is -1.23. The lowest BCUT2D eigenvalue weighted by Crippen LogP contribution is -2.43. The van der Waals surface area contributed by atoms with Gasteiger partial charge >= 0.3 is 6.18 Å². The van der Waals surface area contributed by atoms with Crippen LogP contribution in [0, 0.1) is 11.7 Å². The standard InChI is InChI=1S/C28H27F4N5O4S/c1-40-19-8-15(9-20-23(19)37-26(34)42-20)25(38)35-12-27(39,17-4-5-17)21-10-16(11-33)24(41-13-28(30,31)32)22(36-21)14-2-6-18(29)7-3-14/h2-3,6-10,17,39H,4-5,11-13,33H2,1H3,(H2,34,37)(H,35,38)/t27-/m1/s1. The number of ether oxygens (including phenoxy) is 2. The minimum absolute atomic E-state index is 0.0411. The zero-order chi connectivity index (χ0) is 30.2. The van der Waals surface area contributed by atoms with Crippen LogP contribution in [0.25, 0.3) is 21.5 Å². The molecule has 222 valence electrons. The Balaban J connectivity index is 1.51. The van der Waals surface area contributed by atoms with Crippen LogP contribution in [0.3, 0.4) is 0 Å². The molecule has 2 aromatic carbocycles. The summed E-state index contributed by atoms with van der Waals surface area (Å²) in [6.07, 6.45) is -3.38. The maximum Gasteiger partial charge on any atom is 0.422 e. The van der Waals surface area contributed by atoms with E-state index in [2.05, 4.69) is 15.3 Å². The number of anilines is 1. The van der Waals surface area contributed by atoms with Crippen molar-refractivity contribution in [2.45, 2.75) is 31.2 Å². The normalized spacial score (nSPS) is 14.9. The van der Waals surface area contributed by atoms with E-state index < -0.39 is 30.1 Å². The maximum absolute atomic E-state index is 13.7. The molecule has 1 atom stereocenters. The number of hydrogen-bond donors (Lipinski definition) is 4. The number of amides is 1. The van der Waals surface area contributed by atoms with Gasteiger partial charge in [0.25, 0.3) is 5.91 Å². The summed E-state index contributed by atoms with van der Waals surface area (Å²) >= 11 is 1.19. The van der Waals surface area contributed by atoms with E-state index >= 15 is 0 Å². The number of thiazole rings is 1. The summed E-state index contributed by atoms with van der Waals surface area (Å²) in [5, 5.41) is 15.0. The third-order valence-electron chi connectivity index (χ3n) is 6.94. The van der Waals surface area contributed by atoms with Gasteiger partial charge in [0.2, 0.25) is 0 Å². The Bertz CT molecular complexity index is 1630. The molecule has 0 radical (unpaired) electrons. The second kappa shape index (κ2) is 11.3. The molecular formula is C28H27F4N5O4S. The van der Waals surface area contributed by atoms with Gasteiger partial charge in [0.1, 0.15) is 28.4 Å². The van der Waals surface area contributed by atoms with Crippen LogP contribution in [0.5, 0.6) is 11.5 Å². The highest BCUT2D eigenvalue weighted by Gasteiger charge is 2.47. The molecule has 14 heteroatoms. The number of aromatic nitrogens is 2. The molecule has 0 bridgehead atoms. The van der Waals surface area contributed by atoms with E-state index in [9.17, 15) is 27.5 Å². The number of pyridine rings is 1. The number of nitrogens with zero attached hydrogens (tertiary/aromatic N) is 2. The minimum atomic E-state index is -4.64. The van der Waals surface area contributed by atoms with Gasteiger partial charge in [-0.3, -0.25) is 4.79 Å². The fourth-order valence-corrected chi connectivity index (χ4v) is 5.49. The Morgan fingerprint density at radius 1 is 1.17 bits per heavy atom. The maximum atomic E-state index is 13.7. The van der Waals surface area contributed by atoms with Gasteiger partial charge in [0, 0.05) is 23.2 Å². The molecule has 1 saturated carbocycles. The lowest BCUT2D eigenvalue weighted by atomic mass is 9.90. The number of fused-ring (bicyclic) bond motifs is 1. The molecule has 0 aliphatic heterocycles. The number of halogens is 4. The van der Waals surface area contributed by atoms with E-state index in [0.29, 0.717) is 33.9 Å². The number of nitrogens with two attached hydrogens (primary N) is 2. The number of hydrogen-bond acceptors (Lipinski definition) is 9. The summed E-state index contributed by atoms with van der Waals surface area (Å²) in [4.78, 5) is 22.0. The lowest BCUT2D eigenvalue weighted by Gasteiger charge is -2.30. The highest BCUT2D eigenvalue weighted by atomic mass is 32.1. The Labute approximate surface area is 241 Å². The SMILES string of the molecule is COc1cc(C(=O)NC[C@](O)(c2cc(CN)c(OCC(F)(F)F)c(-c3ccc(F)cc3)n2)C2CC2)cc2sc(N)nc12. The lowest BCUT2D eigenvalue weighted by molar-refractivity contribution is -0.153. The summed E-state index contributed by atoms with van der Waals surface area (Å²) in [6, 6.07) is 9.46. The molecular weight excluding hydrogens is 578 g/mol. The third kappa shape index (κ3) is 6.10. The average Bonchev–Trinajstić information content (AvgIpc) is 3.75. The van der Waals surface area contributed by atoms with Crippen LogP contribution in [0.1, 0.15) is 34.5 Å². The monoisotopic (exact) mass is 605 g/mol. The van der Waals surface area contributed by atoms with E-state index in [1.165, 1.54) is 42.7 Å². The zero-order valence-corrected chi connectivity index (χ0v) is 23.1. The van der Waals surface area contributed by atoms with Crippen LogP contribution in [-0.2, 0) is 12.1 Å². The van der Waals surface area contributed by atoms with Gasteiger partial charge in [-0.25, -0.2) is 14.4 Å². The molecule has 1 fully saturated rings. The molecule has 9 nitrogen and oxygen atoms in total. The van der Waals surface area contributed by atoms with Crippen molar-refractivity contribution < 1.29 is 36.9 Å². The molecule has 0 spiro atoms. The number of rotatable bonds is 10. The number of nitrogen functional groups attached to an aromatic ring is 1. The number of nitrogens with one attached hydrogen (secondary N) is 1. The van der Waals surface area contributed by atoms with Crippen LogP contribution in [0.4, 0.5) is 22.7 Å². The summed E-state index contributed by atoms with van der Waals surface area (Å²) in [7, 11) is 1.44. The molecule has 0 unspecified atom stereocenters. The van der Waals surface area contributed by atoms with Crippen molar-refractivity contribution in [3.63, 3.8) is 0 Å². The largest absolute Gasteiger partial charge is 0.494 e. The van der Waals surface area contributed by atoms with E-state index in [1.54, 1.807) is 6.07 Å². The number of benzene rings is 2. The van der Waals surface area contributed by atoms with Crippen molar-refractivity contribution in [3.8, 4) is 22.8 Å². The van der Waals surface area contributed by atoms with Crippen LogP contribution in [0.15, 0.2) is 42.5 Å². The van der Waals surface area contributed by atoms with Crippen molar-refractivity contribution in [2.24, 2.45) is 11.7 Å². The van der Waals surface area contributed by atoms with Crippen LogP contribution >= 0.6 is 11.3 Å². The number of alkyl halides is 3. The molecule has 6 N–H and O–H groups in total.